The van der Waals surface area contributed by atoms with E-state index in [0.717, 1.165) is 23.4 Å². The first-order valence-electron chi connectivity index (χ1n) is 4.51. The van der Waals surface area contributed by atoms with Gasteiger partial charge >= 0.3 is 0 Å². The minimum absolute atomic E-state index is 0. The van der Waals surface area contributed by atoms with E-state index < -0.39 is 0 Å². The molecule has 0 radical (unpaired) electrons. The van der Waals surface area contributed by atoms with Crippen molar-refractivity contribution in [3.8, 4) is 0 Å². The quantitative estimate of drug-likeness (QED) is 0.419. The van der Waals surface area contributed by atoms with Crippen LogP contribution in [0.1, 0.15) is 25.7 Å². The highest BCUT2D eigenvalue weighted by Gasteiger charge is 2.34. The molecule has 0 aliphatic carbocycles. The van der Waals surface area contributed by atoms with Gasteiger partial charge in [-0.25, -0.2) is 0 Å². The van der Waals surface area contributed by atoms with Crippen molar-refractivity contribution >= 4 is 5.84 Å². The fourth-order valence-electron chi connectivity index (χ4n) is 2.12. The largest absolute Gasteiger partial charge is 1.00 e. The van der Waals surface area contributed by atoms with Gasteiger partial charge in [-0.1, -0.05) is 5.10 Å². The van der Waals surface area contributed by atoms with Crippen LogP contribution >= 0.6 is 0 Å². The molecule has 78 valence electrons. The molecule has 0 atom stereocenters. The average molecular weight is 208 g/mol. The highest BCUT2D eigenvalue weighted by molar-refractivity contribution is 5.80. The summed E-state index contributed by atoms with van der Waals surface area (Å²) in [5, 5.41) is 4.51. The van der Waals surface area contributed by atoms with Gasteiger partial charge in [0.2, 0.25) is 0 Å². The number of rotatable bonds is 0. The van der Waals surface area contributed by atoms with Crippen LogP contribution in [0.15, 0.2) is 5.10 Å². The third kappa shape index (κ3) is 2.56. The van der Waals surface area contributed by atoms with Gasteiger partial charge in [0.05, 0.1) is 6.42 Å². The van der Waals surface area contributed by atoms with E-state index in [9.17, 15) is 0 Å². The second-order valence-corrected chi connectivity index (χ2v) is 3.67. The van der Waals surface area contributed by atoms with E-state index in [1.807, 2.05) is 0 Å². The third-order valence-corrected chi connectivity index (χ3v) is 2.77. The predicted octanol–water partition coefficient (Wildman–Crippen LogP) is -3.16. The van der Waals surface area contributed by atoms with Crippen molar-refractivity contribution in [2.24, 2.45) is 10.8 Å². The minimum Gasteiger partial charge on any atom is -1.00 e. The van der Waals surface area contributed by atoms with Gasteiger partial charge in [0.25, 0.3) is 0 Å². The summed E-state index contributed by atoms with van der Waals surface area (Å²) >= 11 is 0. The summed E-state index contributed by atoms with van der Waals surface area (Å²) in [7, 11) is 0. The number of nitrogens with two attached hydrogens (primary N) is 1. The maximum atomic E-state index is 5.67. The molecule has 2 rings (SSSR count). The Labute approximate surface area is 85.1 Å². The molecule has 0 aromatic rings. The molecule has 1 saturated heterocycles. The Hall–Kier alpha value is -0.320. The fourth-order valence-corrected chi connectivity index (χ4v) is 2.12. The number of quaternary nitrogens is 1. The van der Waals surface area contributed by atoms with Crippen LogP contribution in [0.2, 0.25) is 0 Å². The van der Waals surface area contributed by atoms with Crippen molar-refractivity contribution in [1.29, 1.82) is 0 Å². The van der Waals surface area contributed by atoms with E-state index in [0.29, 0.717) is 0 Å². The molecule has 0 unspecified atom stereocenters. The molecule has 1 fully saturated rings. The lowest BCUT2D eigenvalue weighted by Gasteiger charge is -2.31. The zero-order valence-electron chi connectivity index (χ0n) is 7.80. The normalized spacial score (nSPS) is 24.5. The van der Waals surface area contributed by atoms with E-state index in [1.54, 1.807) is 0 Å². The van der Waals surface area contributed by atoms with Crippen LogP contribution in [0.25, 0.3) is 0 Å². The second kappa shape index (κ2) is 4.79. The van der Waals surface area contributed by atoms with Crippen molar-refractivity contribution in [3.63, 3.8) is 0 Å². The van der Waals surface area contributed by atoms with Crippen LogP contribution < -0.4 is 18.1 Å². The van der Waals surface area contributed by atoms with Crippen LogP contribution in [-0.4, -0.2) is 35.5 Å². The molecule has 0 aromatic heterocycles. The Bertz CT molecular complexity index is 190. The molecule has 2 aliphatic rings. The van der Waals surface area contributed by atoms with Crippen molar-refractivity contribution < 1.29 is 22.5 Å². The maximum absolute atomic E-state index is 5.67. The summed E-state index contributed by atoms with van der Waals surface area (Å²) in [6.07, 6.45) is 5.06. The molecule has 2 heterocycles. The monoisotopic (exact) mass is 207 g/mol. The van der Waals surface area contributed by atoms with Crippen LogP contribution in [0, 0.1) is 0 Å². The highest BCUT2D eigenvalue weighted by atomic mass is 35.5. The molecule has 0 aromatic carbocycles. The standard InChI is InChI=1S/C8H16N3.ClH.H2O/c9-8-4-7-11(10-8)5-2-1-3-6-11;;/h1-7H2,(H2,9,10);1H;1H2/q+1;;/p-1. The number of halogens is 1. The minimum atomic E-state index is 0. The summed E-state index contributed by atoms with van der Waals surface area (Å²) in [6, 6.07) is 0. The lowest BCUT2D eigenvalue weighted by Crippen LogP contribution is -3.00. The zero-order chi connectivity index (χ0) is 7.73. The molecule has 1 spiro atoms. The van der Waals surface area contributed by atoms with Crippen LogP contribution in [0.4, 0.5) is 0 Å². The Morgan fingerprint density at radius 3 is 2.15 bits per heavy atom. The molecule has 0 bridgehead atoms. The number of piperidine rings is 1. The van der Waals surface area contributed by atoms with Crippen molar-refractivity contribution in [2.75, 3.05) is 19.6 Å². The second-order valence-electron chi connectivity index (χ2n) is 3.67. The summed E-state index contributed by atoms with van der Waals surface area (Å²) in [5.41, 5.74) is 5.67. The third-order valence-electron chi connectivity index (χ3n) is 2.77. The van der Waals surface area contributed by atoms with Gasteiger partial charge in [0.1, 0.15) is 19.6 Å². The average Bonchev–Trinajstić information content (AvgIpc) is 2.34. The van der Waals surface area contributed by atoms with Crippen LogP contribution in [0.5, 0.6) is 0 Å². The van der Waals surface area contributed by atoms with Gasteiger partial charge in [0, 0.05) is 0 Å². The molecule has 0 amide bonds. The first-order chi connectivity index (χ1) is 5.31. The van der Waals surface area contributed by atoms with Crippen molar-refractivity contribution in [3.05, 3.63) is 0 Å². The van der Waals surface area contributed by atoms with Crippen molar-refractivity contribution in [2.45, 2.75) is 25.7 Å². The molecule has 5 heteroatoms. The van der Waals surface area contributed by atoms with E-state index in [2.05, 4.69) is 5.10 Å². The first kappa shape index (κ1) is 12.7. The van der Waals surface area contributed by atoms with Gasteiger partial charge < -0.3 is 23.6 Å². The van der Waals surface area contributed by atoms with Crippen LogP contribution in [0.3, 0.4) is 0 Å². The zero-order valence-corrected chi connectivity index (χ0v) is 8.56. The number of amidine groups is 1. The summed E-state index contributed by atoms with van der Waals surface area (Å²) in [4.78, 5) is 0. The van der Waals surface area contributed by atoms with Crippen molar-refractivity contribution in [1.82, 2.24) is 0 Å². The summed E-state index contributed by atoms with van der Waals surface area (Å²) in [6.45, 7) is 3.60. The Kier molecular flexibility index (Phi) is 4.67. The Balaban J connectivity index is 0.000000720. The molecule has 4 nitrogen and oxygen atoms in total. The van der Waals surface area contributed by atoms with Crippen LogP contribution in [-0.2, 0) is 0 Å². The molecular weight excluding hydrogens is 190 g/mol. The molecular formula is C8H18ClN3O. The lowest BCUT2D eigenvalue weighted by molar-refractivity contribution is -0.933. The SMILES string of the molecule is NC1=N[N+]2(CCCCC2)CC1.O.[Cl-]. The highest BCUT2D eigenvalue weighted by Crippen LogP contribution is 2.23. The van der Waals surface area contributed by atoms with E-state index in [4.69, 9.17) is 5.73 Å². The molecule has 4 N–H and O–H groups in total. The number of hydrogen-bond donors (Lipinski definition) is 1. The van der Waals surface area contributed by atoms with E-state index >= 15 is 0 Å². The molecule has 2 aliphatic heterocycles. The van der Waals surface area contributed by atoms with Gasteiger partial charge in [-0.3, -0.25) is 0 Å². The summed E-state index contributed by atoms with van der Waals surface area (Å²) in [5.74, 6) is 0.868. The lowest BCUT2D eigenvalue weighted by atomic mass is 10.1. The number of nitrogens with zero attached hydrogens (tertiary/aromatic N) is 2. The Morgan fingerprint density at radius 2 is 1.69 bits per heavy atom. The van der Waals surface area contributed by atoms with Gasteiger partial charge in [-0.2, -0.15) is 4.59 Å². The maximum Gasteiger partial charge on any atom is 0.161 e. The smallest absolute Gasteiger partial charge is 0.161 e. The van der Waals surface area contributed by atoms with E-state index in [-0.39, 0.29) is 17.9 Å². The van der Waals surface area contributed by atoms with E-state index in [1.165, 1.54) is 32.4 Å². The summed E-state index contributed by atoms with van der Waals surface area (Å²) < 4.78 is 0.950. The topological polar surface area (TPSA) is 69.9 Å². The number of hydrogen-bond acceptors (Lipinski definition) is 2. The van der Waals surface area contributed by atoms with Gasteiger partial charge in [0.15, 0.2) is 5.84 Å². The molecule has 13 heavy (non-hydrogen) atoms. The molecule has 0 saturated carbocycles. The Morgan fingerprint density at radius 1 is 1.08 bits per heavy atom. The first-order valence-corrected chi connectivity index (χ1v) is 4.51. The fraction of sp³-hybridized carbons (Fsp3) is 0.875. The predicted molar refractivity (Wildman–Crippen MR) is 48.6 cm³/mol. The van der Waals surface area contributed by atoms with Gasteiger partial charge in [-0.05, 0) is 19.3 Å². The van der Waals surface area contributed by atoms with Gasteiger partial charge in [-0.15, -0.1) is 0 Å².